The van der Waals surface area contributed by atoms with Crippen LogP contribution >= 0.6 is 12.4 Å². The van der Waals surface area contributed by atoms with Gasteiger partial charge in [-0.05, 0) is 18.1 Å². The number of para-hydroxylation sites is 1. The molecule has 1 atom stereocenters. The molecule has 1 N–H and O–H groups in total. The van der Waals surface area contributed by atoms with Crippen LogP contribution in [0.2, 0.25) is 0 Å². The maximum atomic E-state index is 13.1. The molecule has 7 nitrogen and oxygen atoms in total. The molecule has 8 heteroatoms. The van der Waals surface area contributed by atoms with Crippen molar-refractivity contribution in [2.75, 3.05) is 31.1 Å². The highest BCUT2D eigenvalue weighted by Crippen LogP contribution is 2.28. The molecule has 4 rings (SSSR count). The van der Waals surface area contributed by atoms with Crippen molar-refractivity contribution in [3.63, 3.8) is 0 Å². The number of aromatic nitrogens is 2. The predicted octanol–water partition coefficient (Wildman–Crippen LogP) is 1.29. The molecule has 0 spiro atoms. The zero-order chi connectivity index (χ0) is 18.1. The van der Waals surface area contributed by atoms with Crippen LogP contribution in [-0.4, -0.2) is 52.4 Å². The minimum atomic E-state index is -0.119. The Balaban J connectivity index is 0.00000210. The molecular weight excluding hydrogens is 366 g/mol. The number of rotatable bonds is 3. The third-order valence-corrected chi connectivity index (χ3v) is 5.21. The zero-order valence-electron chi connectivity index (χ0n) is 15.3. The van der Waals surface area contributed by atoms with Crippen molar-refractivity contribution in [2.45, 2.75) is 18.9 Å². The number of imidazole rings is 1. The highest BCUT2D eigenvalue weighted by atomic mass is 35.5. The number of piperazine rings is 1. The predicted molar refractivity (Wildman–Crippen MR) is 105 cm³/mol. The molecule has 2 aliphatic heterocycles. The van der Waals surface area contributed by atoms with Crippen molar-refractivity contribution in [2.24, 2.45) is 7.05 Å². The average Bonchev–Trinajstić information content (AvgIpc) is 3.10. The summed E-state index contributed by atoms with van der Waals surface area (Å²) in [6, 6.07) is 7.72. The molecule has 1 saturated heterocycles. The van der Waals surface area contributed by atoms with E-state index in [0.717, 1.165) is 30.0 Å². The summed E-state index contributed by atoms with van der Waals surface area (Å²) in [7, 11) is 1.93. The van der Waals surface area contributed by atoms with Gasteiger partial charge in [0.25, 0.3) is 0 Å². The number of benzene rings is 1. The highest BCUT2D eigenvalue weighted by Gasteiger charge is 2.33. The van der Waals surface area contributed by atoms with Gasteiger partial charge in [-0.25, -0.2) is 4.98 Å². The Hall–Kier alpha value is -2.38. The smallest absolute Gasteiger partial charge is 0.243 e. The molecule has 1 aromatic heterocycles. The molecule has 2 aromatic rings. The van der Waals surface area contributed by atoms with Gasteiger partial charge in [-0.3, -0.25) is 9.59 Å². The van der Waals surface area contributed by atoms with Gasteiger partial charge in [-0.2, -0.15) is 0 Å². The van der Waals surface area contributed by atoms with Crippen LogP contribution in [0.3, 0.4) is 0 Å². The van der Waals surface area contributed by atoms with E-state index in [1.165, 1.54) is 0 Å². The topological polar surface area (TPSA) is 70.5 Å². The Labute approximate surface area is 164 Å². The van der Waals surface area contributed by atoms with Crippen molar-refractivity contribution in [1.82, 2.24) is 19.8 Å². The van der Waals surface area contributed by atoms with E-state index in [-0.39, 0.29) is 36.8 Å². The SMILES string of the molecule is Cl.Cn1ccnc1C1CNCCN1C(=O)CN1C(=O)CCc2ccccc21. The molecule has 144 valence electrons. The van der Waals surface area contributed by atoms with Crippen LogP contribution in [0.1, 0.15) is 23.9 Å². The minimum absolute atomic E-state index is 0. The van der Waals surface area contributed by atoms with Crippen LogP contribution in [0, 0.1) is 0 Å². The van der Waals surface area contributed by atoms with Gasteiger partial charge in [-0.1, -0.05) is 18.2 Å². The van der Waals surface area contributed by atoms with E-state index in [9.17, 15) is 9.59 Å². The number of hydrogen-bond acceptors (Lipinski definition) is 4. The number of amides is 2. The second kappa shape index (κ2) is 8.10. The molecule has 0 bridgehead atoms. The molecule has 2 amide bonds. The number of halogens is 1. The van der Waals surface area contributed by atoms with Crippen LogP contribution in [0.4, 0.5) is 5.69 Å². The lowest BCUT2D eigenvalue weighted by atomic mass is 10.0. The number of anilines is 1. The average molecular weight is 390 g/mol. The van der Waals surface area contributed by atoms with Crippen molar-refractivity contribution < 1.29 is 9.59 Å². The Morgan fingerprint density at radius 1 is 1.30 bits per heavy atom. The van der Waals surface area contributed by atoms with Crippen LogP contribution < -0.4 is 10.2 Å². The molecule has 1 aromatic carbocycles. The molecule has 0 radical (unpaired) electrons. The molecule has 2 aliphatic rings. The molecule has 0 saturated carbocycles. The third kappa shape index (κ3) is 3.70. The Morgan fingerprint density at radius 2 is 2.11 bits per heavy atom. The summed E-state index contributed by atoms with van der Waals surface area (Å²) in [5.41, 5.74) is 1.99. The first kappa shape index (κ1) is 19.4. The summed E-state index contributed by atoms with van der Waals surface area (Å²) in [5, 5.41) is 3.34. The van der Waals surface area contributed by atoms with E-state index < -0.39 is 0 Å². The Bertz CT molecular complexity index is 837. The van der Waals surface area contributed by atoms with E-state index in [1.807, 2.05) is 47.0 Å². The number of fused-ring (bicyclic) bond motifs is 1. The summed E-state index contributed by atoms with van der Waals surface area (Å²) in [6.45, 7) is 2.11. The van der Waals surface area contributed by atoms with E-state index in [0.29, 0.717) is 19.5 Å². The maximum Gasteiger partial charge on any atom is 0.243 e. The number of aryl methyl sites for hydroxylation is 2. The minimum Gasteiger partial charge on any atom is -0.336 e. The van der Waals surface area contributed by atoms with Gasteiger partial charge in [0.1, 0.15) is 18.4 Å². The highest BCUT2D eigenvalue weighted by molar-refractivity contribution is 6.01. The number of nitrogens with zero attached hydrogens (tertiary/aromatic N) is 4. The Kier molecular flexibility index (Phi) is 5.82. The number of hydrogen-bond donors (Lipinski definition) is 1. The largest absolute Gasteiger partial charge is 0.336 e. The fraction of sp³-hybridized carbons (Fsp3) is 0.421. The van der Waals surface area contributed by atoms with Gasteiger partial charge >= 0.3 is 0 Å². The van der Waals surface area contributed by atoms with Gasteiger partial charge < -0.3 is 19.7 Å². The fourth-order valence-electron chi connectivity index (χ4n) is 3.83. The lowest BCUT2D eigenvalue weighted by Gasteiger charge is -2.37. The summed E-state index contributed by atoms with van der Waals surface area (Å²) in [6.07, 6.45) is 4.83. The lowest BCUT2D eigenvalue weighted by Crippen LogP contribution is -2.53. The molecule has 3 heterocycles. The van der Waals surface area contributed by atoms with Gasteiger partial charge in [0.2, 0.25) is 11.8 Å². The summed E-state index contributed by atoms with van der Waals surface area (Å²) in [4.78, 5) is 33.5. The first-order valence-electron chi connectivity index (χ1n) is 9.01. The van der Waals surface area contributed by atoms with Crippen LogP contribution in [0.25, 0.3) is 0 Å². The number of carbonyl (C=O) groups excluding carboxylic acids is 2. The van der Waals surface area contributed by atoms with Crippen molar-refractivity contribution in [3.8, 4) is 0 Å². The maximum absolute atomic E-state index is 13.1. The first-order valence-corrected chi connectivity index (χ1v) is 9.01. The van der Waals surface area contributed by atoms with Gasteiger partial charge in [0.05, 0.1) is 0 Å². The van der Waals surface area contributed by atoms with E-state index in [2.05, 4.69) is 10.3 Å². The van der Waals surface area contributed by atoms with Crippen LogP contribution in [0.15, 0.2) is 36.7 Å². The van der Waals surface area contributed by atoms with Gasteiger partial charge in [0.15, 0.2) is 0 Å². The molecule has 1 unspecified atom stereocenters. The summed E-state index contributed by atoms with van der Waals surface area (Å²) >= 11 is 0. The Morgan fingerprint density at radius 3 is 2.89 bits per heavy atom. The first-order chi connectivity index (χ1) is 12.6. The number of carbonyl (C=O) groups is 2. The lowest BCUT2D eigenvalue weighted by molar-refractivity contribution is -0.134. The van der Waals surface area contributed by atoms with Crippen LogP contribution in [0.5, 0.6) is 0 Å². The summed E-state index contributed by atoms with van der Waals surface area (Å²) < 4.78 is 1.94. The second-order valence-corrected chi connectivity index (χ2v) is 6.81. The number of nitrogens with one attached hydrogen (secondary N) is 1. The fourth-order valence-corrected chi connectivity index (χ4v) is 3.83. The van der Waals surface area contributed by atoms with E-state index in [1.54, 1.807) is 11.1 Å². The van der Waals surface area contributed by atoms with E-state index in [4.69, 9.17) is 0 Å². The second-order valence-electron chi connectivity index (χ2n) is 6.81. The molecule has 0 aliphatic carbocycles. The zero-order valence-corrected chi connectivity index (χ0v) is 16.1. The standard InChI is InChI=1S/C19H23N5O2.ClH/c1-22-10-9-21-19(22)16-12-20-8-11-23(16)18(26)13-24-15-5-3-2-4-14(15)6-7-17(24)25;/h2-5,9-10,16,20H,6-8,11-13H2,1H3;1H. The molecule has 27 heavy (non-hydrogen) atoms. The molecular formula is C19H24ClN5O2. The van der Waals surface area contributed by atoms with Crippen LogP contribution in [-0.2, 0) is 23.1 Å². The van der Waals surface area contributed by atoms with Crippen molar-refractivity contribution in [3.05, 3.63) is 48.0 Å². The third-order valence-electron chi connectivity index (χ3n) is 5.21. The summed E-state index contributed by atoms with van der Waals surface area (Å²) in [5.74, 6) is 0.834. The van der Waals surface area contributed by atoms with Gasteiger partial charge in [-0.15, -0.1) is 12.4 Å². The monoisotopic (exact) mass is 389 g/mol. The molecule has 1 fully saturated rings. The van der Waals surface area contributed by atoms with Gasteiger partial charge in [0, 0.05) is 51.2 Å². The normalized spacial score (nSPS) is 19.4. The van der Waals surface area contributed by atoms with Crippen molar-refractivity contribution >= 4 is 29.9 Å². The van der Waals surface area contributed by atoms with E-state index >= 15 is 0 Å². The van der Waals surface area contributed by atoms with Crippen molar-refractivity contribution in [1.29, 1.82) is 0 Å². The quantitative estimate of drug-likeness (QED) is 0.858.